The van der Waals surface area contributed by atoms with Gasteiger partial charge in [-0.3, -0.25) is 4.52 Å². The molecule has 0 heterocycles. The van der Waals surface area contributed by atoms with Gasteiger partial charge in [-0.1, -0.05) is 18.7 Å². The first-order valence-corrected chi connectivity index (χ1v) is 10.3. The maximum Gasteiger partial charge on any atom is 0.573 e. The Kier molecular flexibility index (Phi) is 19.4. The summed E-state index contributed by atoms with van der Waals surface area (Å²) in [6.45, 7) is 1.90. The second kappa shape index (κ2) is 16.8. The van der Waals surface area contributed by atoms with Gasteiger partial charge in [0, 0.05) is 42.1 Å². The first kappa shape index (κ1) is 26.5. The summed E-state index contributed by atoms with van der Waals surface area (Å²) in [5.74, 6) is 0.723. The molecule has 1 aromatic carbocycles. The van der Waals surface area contributed by atoms with Gasteiger partial charge in [-0.25, -0.2) is 0 Å². The van der Waals surface area contributed by atoms with Crippen molar-refractivity contribution in [1.82, 2.24) is 4.90 Å². The van der Waals surface area contributed by atoms with Crippen molar-refractivity contribution < 1.29 is 55.7 Å². The predicted octanol–water partition coefficient (Wildman–Crippen LogP) is 4.01. The molecule has 0 spiro atoms. The van der Waals surface area contributed by atoms with E-state index in [2.05, 4.69) is 25.9 Å². The molecule has 0 saturated heterocycles. The molecule has 23 heavy (non-hydrogen) atoms. The molecule has 0 aromatic heterocycles. The van der Waals surface area contributed by atoms with Crippen LogP contribution in [0.1, 0.15) is 12.0 Å². The van der Waals surface area contributed by atoms with Gasteiger partial charge < -0.3 is 23.5 Å². The molecule has 0 aliphatic heterocycles. The first-order chi connectivity index (χ1) is 10.1. The minimum Gasteiger partial charge on any atom is -0.610 e. The molecule has 0 N–H and O–H groups in total. The fourth-order valence-corrected chi connectivity index (χ4v) is 2.95. The fraction of sp³-hybridized carbons (Fsp3) is 0.385. The molecule has 1 unspecified atom stereocenters. The normalized spacial score (nSPS) is 10.8. The molecule has 10 heteroatoms. The van der Waals surface area contributed by atoms with Crippen LogP contribution in [0.2, 0.25) is 0 Å². The Morgan fingerprint density at radius 1 is 1.13 bits per heavy atom. The fourth-order valence-electron chi connectivity index (χ4n) is 1.42. The Morgan fingerprint density at radius 3 is 2.35 bits per heavy atom. The summed E-state index contributed by atoms with van der Waals surface area (Å²) < 4.78 is 16.0. The van der Waals surface area contributed by atoms with E-state index in [0.717, 1.165) is 25.1 Å². The molecule has 1 atom stereocenters. The largest absolute Gasteiger partial charge is 0.610 e. The zero-order valence-corrected chi connectivity index (χ0v) is 21.7. The van der Waals surface area contributed by atoms with Crippen LogP contribution in [0, 0.1) is 14.1 Å². The summed E-state index contributed by atoms with van der Waals surface area (Å²) in [6.07, 6.45) is 1.66. The molecular weight excluding hydrogens is 712 g/mol. The molecule has 0 radical (unpaired) electrons. The number of hydrogen-bond donors (Lipinski definition) is 0. The van der Waals surface area contributed by atoms with Crippen LogP contribution in [-0.2, 0) is 81.2 Å². The Labute approximate surface area is 180 Å². The van der Waals surface area contributed by atoms with Gasteiger partial charge in [0.15, 0.2) is 5.75 Å². The van der Waals surface area contributed by atoms with Crippen LogP contribution in [-0.4, -0.2) is 24.7 Å². The standard InChI is InChI=1S/C13H18NO3P2S2.2W/c1-14(2)9-8-12-4-6-13(7-5-12)17-19(21)16-11-3-10-15-18-20;;/h4-7H,1-3,8-11H2;;/q-1;;. The predicted molar refractivity (Wildman–Crippen MR) is 93.3 cm³/mol. The van der Waals surface area contributed by atoms with Crippen molar-refractivity contribution in [3.63, 3.8) is 0 Å². The number of hydrogen-bond acceptors (Lipinski definition) is 6. The molecule has 4 nitrogen and oxygen atoms in total. The van der Waals surface area contributed by atoms with Gasteiger partial charge >= 0.3 is 7.15 Å². The molecule has 0 amide bonds. The van der Waals surface area contributed by atoms with Gasteiger partial charge in [0.25, 0.3) is 0 Å². The molecule has 0 bridgehead atoms. The van der Waals surface area contributed by atoms with E-state index in [4.69, 9.17) is 25.4 Å². The third-order valence-electron chi connectivity index (χ3n) is 2.45. The van der Waals surface area contributed by atoms with E-state index >= 15 is 0 Å². The van der Waals surface area contributed by atoms with Crippen molar-refractivity contribution in [3.05, 3.63) is 43.9 Å². The van der Waals surface area contributed by atoms with Crippen LogP contribution in [0.15, 0.2) is 24.3 Å². The van der Waals surface area contributed by atoms with E-state index in [9.17, 15) is 0 Å². The molecule has 0 aliphatic rings. The second-order valence-electron chi connectivity index (χ2n) is 4.20. The first-order valence-electron chi connectivity index (χ1n) is 6.32. The zero-order chi connectivity index (χ0) is 15.5. The average Bonchev–Trinajstić information content (AvgIpc) is 2.46. The summed E-state index contributed by atoms with van der Waals surface area (Å²) in [5.41, 5.74) is 1.20. The van der Waals surface area contributed by atoms with Crippen LogP contribution in [0.25, 0.3) is 0 Å². The van der Waals surface area contributed by atoms with Crippen molar-refractivity contribution in [3.8, 4) is 5.75 Å². The second-order valence-corrected chi connectivity index (χ2v) is 6.83. The van der Waals surface area contributed by atoms with E-state index in [1.807, 2.05) is 24.3 Å². The summed E-state index contributed by atoms with van der Waals surface area (Å²) >= 11 is 9.79. The smallest absolute Gasteiger partial charge is 0.573 e. The molecule has 1 aromatic rings. The topological polar surface area (TPSA) is 30.9 Å². The van der Waals surface area contributed by atoms with Crippen molar-refractivity contribution in [2.24, 2.45) is 0 Å². The van der Waals surface area contributed by atoms with Crippen LogP contribution >= 0.6 is 14.7 Å². The molecule has 128 valence electrons. The van der Waals surface area contributed by atoms with E-state index in [1.54, 1.807) is 4.90 Å². The van der Waals surface area contributed by atoms with Crippen LogP contribution in [0.4, 0.5) is 0 Å². The SMILES string of the molecule is [CH2-]N([CH2-])CCc1ccc(O[P+](=S)OCCCOP=S)cc1.[W].[W]. The van der Waals surface area contributed by atoms with Gasteiger partial charge in [0.1, 0.15) is 14.2 Å². The van der Waals surface area contributed by atoms with Crippen molar-refractivity contribution >= 4 is 38.3 Å². The van der Waals surface area contributed by atoms with Crippen LogP contribution < -0.4 is 4.52 Å². The number of benzene rings is 1. The summed E-state index contributed by atoms with van der Waals surface area (Å²) in [7, 11) is 6.61. The molecular formula is C13H18NO3P2S2W2-. The third kappa shape index (κ3) is 14.2. The Hall–Kier alpha value is 1.32. The van der Waals surface area contributed by atoms with Crippen LogP contribution in [0.5, 0.6) is 5.75 Å². The van der Waals surface area contributed by atoms with Crippen molar-refractivity contribution in [2.45, 2.75) is 12.8 Å². The van der Waals surface area contributed by atoms with E-state index < -0.39 is 7.15 Å². The van der Waals surface area contributed by atoms with Crippen molar-refractivity contribution in [1.29, 1.82) is 0 Å². The van der Waals surface area contributed by atoms with Gasteiger partial charge in [0.05, 0.1) is 6.61 Å². The van der Waals surface area contributed by atoms with E-state index in [1.165, 1.54) is 5.56 Å². The van der Waals surface area contributed by atoms with Gasteiger partial charge in [0.2, 0.25) is 11.8 Å². The minimum absolute atomic E-state index is 0. The van der Waals surface area contributed by atoms with Crippen molar-refractivity contribution in [2.75, 3.05) is 19.8 Å². The quantitative estimate of drug-likeness (QED) is 0.195. The monoisotopic (exact) mass is 730 g/mol. The average molecular weight is 730 g/mol. The minimum atomic E-state index is -1.33. The van der Waals surface area contributed by atoms with Gasteiger partial charge in [-0.15, -0.1) is 4.52 Å². The van der Waals surface area contributed by atoms with E-state index in [0.29, 0.717) is 20.8 Å². The maximum atomic E-state index is 5.56. The summed E-state index contributed by atoms with van der Waals surface area (Å²) in [5, 5.41) is 0. The molecule has 1 rings (SSSR count). The maximum absolute atomic E-state index is 5.56. The third-order valence-corrected chi connectivity index (χ3v) is 4.35. The number of nitrogens with zero attached hydrogens (tertiary/aromatic N) is 1. The van der Waals surface area contributed by atoms with Crippen LogP contribution in [0.3, 0.4) is 0 Å². The number of rotatable bonds is 11. The Bertz CT molecular complexity index is 453. The van der Waals surface area contributed by atoms with Gasteiger partial charge in [-0.2, -0.15) is 0 Å². The Balaban J connectivity index is 0. The summed E-state index contributed by atoms with van der Waals surface area (Å²) in [4.78, 5) is 1.66. The summed E-state index contributed by atoms with van der Waals surface area (Å²) in [6, 6.07) is 7.81. The zero-order valence-electron chi connectivity index (χ0n) is 12.5. The molecule has 0 aliphatic carbocycles. The molecule has 0 fully saturated rings. The Morgan fingerprint density at radius 2 is 1.78 bits per heavy atom. The van der Waals surface area contributed by atoms with Gasteiger partial charge in [-0.05, 0) is 42.3 Å². The molecule has 0 saturated carbocycles. The van der Waals surface area contributed by atoms with E-state index in [-0.39, 0.29) is 42.1 Å².